The molecule has 1 aromatic carbocycles. The molecule has 19 heavy (non-hydrogen) atoms. The minimum atomic E-state index is -0.955. The first-order chi connectivity index (χ1) is 8.95. The average Bonchev–Trinajstić information content (AvgIpc) is 2.30. The van der Waals surface area contributed by atoms with Crippen molar-refractivity contribution >= 4 is 40.8 Å². The Morgan fingerprint density at radius 2 is 1.74 bits per heavy atom. The second kappa shape index (κ2) is 5.78. The third-order valence-electron chi connectivity index (χ3n) is 2.43. The van der Waals surface area contributed by atoms with Crippen LogP contribution in [0, 0.1) is 0 Å². The standard InChI is InChI=1S/C13H8Cl3NO2/c14-9-1-8(2-10(15)5-9)12-3-7(4-13(18)19)11(16)6-17-12/h1-3,5-6H,4H2,(H,18,19). The molecule has 0 aliphatic heterocycles. The molecule has 6 heteroatoms. The van der Waals surface area contributed by atoms with E-state index in [2.05, 4.69) is 4.98 Å². The highest BCUT2D eigenvalue weighted by atomic mass is 35.5. The molecule has 0 aliphatic carbocycles. The van der Waals surface area contributed by atoms with Crippen LogP contribution in [0.1, 0.15) is 5.56 Å². The molecule has 0 amide bonds. The van der Waals surface area contributed by atoms with Crippen molar-refractivity contribution in [2.24, 2.45) is 0 Å². The zero-order valence-electron chi connectivity index (χ0n) is 9.53. The number of carboxylic acids is 1. The lowest BCUT2D eigenvalue weighted by molar-refractivity contribution is -0.136. The minimum Gasteiger partial charge on any atom is -0.481 e. The molecule has 0 saturated heterocycles. The molecule has 0 bridgehead atoms. The summed E-state index contributed by atoms with van der Waals surface area (Å²) >= 11 is 17.8. The number of nitrogens with zero attached hydrogens (tertiary/aromatic N) is 1. The van der Waals surface area contributed by atoms with Crippen molar-refractivity contribution in [2.75, 3.05) is 0 Å². The predicted octanol–water partition coefficient (Wildman–Crippen LogP) is 4.34. The summed E-state index contributed by atoms with van der Waals surface area (Å²) < 4.78 is 0. The first kappa shape index (κ1) is 14.1. The summed E-state index contributed by atoms with van der Waals surface area (Å²) in [4.78, 5) is 14.9. The number of benzene rings is 1. The number of rotatable bonds is 3. The molecular formula is C13H8Cl3NO2. The van der Waals surface area contributed by atoms with E-state index in [1.807, 2.05) is 0 Å². The lowest BCUT2D eigenvalue weighted by atomic mass is 10.1. The van der Waals surface area contributed by atoms with Crippen molar-refractivity contribution in [2.45, 2.75) is 6.42 Å². The molecule has 0 atom stereocenters. The highest BCUT2D eigenvalue weighted by Gasteiger charge is 2.10. The maximum atomic E-state index is 10.8. The van der Waals surface area contributed by atoms with Gasteiger partial charge in [0.25, 0.3) is 0 Å². The minimum absolute atomic E-state index is 0.164. The molecule has 1 aromatic heterocycles. The van der Waals surface area contributed by atoms with Crippen molar-refractivity contribution in [3.05, 3.63) is 51.1 Å². The number of carbonyl (C=O) groups is 1. The van der Waals surface area contributed by atoms with E-state index in [1.54, 1.807) is 24.3 Å². The van der Waals surface area contributed by atoms with Crippen LogP contribution in [0.3, 0.4) is 0 Å². The quantitative estimate of drug-likeness (QED) is 0.916. The topological polar surface area (TPSA) is 50.2 Å². The normalized spacial score (nSPS) is 10.5. The fourth-order valence-electron chi connectivity index (χ4n) is 1.64. The van der Waals surface area contributed by atoms with Gasteiger partial charge in [-0.2, -0.15) is 0 Å². The third-order valence-corrected chi connectivity index (χ3v) is 3.21. The molecule has 98 valence electrons. The largest absolute Gasteiger partial charge is 0.481 e. The molecule has 2 aromatic rings. The van der Waals surface area contributed by atoms with Gasteiger partial charge in [0.1, 0.15) is 0 Å². The second-order valence-electron chi connectivity index (χ2n) is 3.89. The molecule has 1 heterocycles. The third kappa shape index (κ3) is 3.60. The van der Waals surface area contributed by atoms with Crippen LogP contribution in [-0.2, 0) is 11.2 Å². The summed E-state index contributed by atoms with van der Waals surface area (Å²) in [6, 6.07) is 6.64. The van der Waals surface area contributed by atoms with E-state index < -0.39 is 5.97 Å². The van der Waals surface area contributed by atoms with Crippen LogP contribution in [0.15, 0.2) is 30.5 Å². The van der Waals surface area contributed by atoms with Gasteiger partial charge in [-0.1, -0.05) is 34.8 Å². The summed E-state index contributed by atoms with van der Waals surface area (Å²) in [5.41, 5.74) is 1.78. The Kier molecular flexibility index (Phi) is 4.30. The number of carboxylic acid groups (broad SMARTS) is 1. The molecule has 0 unspecified atom stereocenters. The monoisotopic (exact) mass is 315 g/mol. The van der Waals surface area contributed by atoms with Crippen LogP contribution < -0.4 is 0 Å². The number of aliphatic carboxylic acids is 1. The lowest BCUT2D eigenvalue weighted by Gasteiger charge is -2.06. The van der Waals surface area contributed by atoms with Crippen molar-refractivity contribution in [1.82, 2.24) is 4.98 Å². The van der Waals surface area contributed by atoms with E-state index in [4.69, 9.17) is 39.9 Å². The van der Waals surface area contributed by atoms with Gasteiger partial charge in [-0.15, -0.1) is 0 Å². The van der Waals surface area contributed by atoms with E-state index in [0.29, 0.717) is 31.9 Å². The van der Waals surface area contributed by atoms with Gasteiger partial charge in [-0.25, -0.2) is 0 Å². The SMILES string of the molecule is O=C(O)Cc1cc(-c2cc(Cl)cc(Cl)c2)ncc1Cl. The molecule has 3 nitrogen and oxygen atoms in total. The molecular weight excluding hydrogens is 309 g/mol. The Balaban J connectivity index is 2.47. The number of hydrogen-bond donors (Lipinski definition) is 1. The van der Waals surface area contributed by atoms with Gasteiger partial charge >= 0.3 is 5.97 Å². The average molecular weight is 317 g/mol. The lowest BCUT2D eigenvalue weighted by Crippen LogP contribution is -2.01. The van der Waals surface area contributed by atoms with Gasteiger partial charge in [-0.05, 0) is 29.8 Å². The fourth-order valence-corrected chi connectivity index (χ4v) is 2.33. The van der Waals surface area contributed by atoms with Gasteiger partial charge in [0.2, 0.25) is 0 Å². The summed E-state index contributed by atoms with van der Waals surface area (Å²) in [5.74, 6) is -0.955. The molecule has 1 N–H and O–H groups in total. The maximum Gasteiger partial charge on any atom is 0.307 e. The highest BCUT2D eigenvalue weighted by Crippen LogP contribution is 2.28. The van der Waals surface area contributed by atoms with Crippen LogP contribution in [0.5, 0.6) is 0 Å². The van der Waals surface area contributed by atoms with Crippen molar-refractivity contribution in [3.8, 4) is 11.3 Å². The number of pyridine rings is 1. The van der Waals surface area contributed by atoms with Crippen molar-refractivity contribution in [3.63, 3.8) is 0 Å². The molecule has 0 saturated carbocycles. The smallest absolute Gasteiger partial charge is 0.307 e. The Morgan fingerprint density at radius 3 is 2.32 bits per heavy atom. The highest BCUT2D eigenvalue weighted by molar-refractivity contribution is 6.35. The molecule has 0 fully saturated rings. The molecule has 0 aliphatic rings. The molecule has 0 spiro atoms. The van der Waals surface area contributed by atoms with Gasteiger partial charge in [0, 0.05) is 21.8 Å². The zero-order chi connectivity index (χ0) is 14.0. The van der Waals surface area contributed by atoms with Crippen molar-refractivity contribution < 1.29 is 9.90 Å². The number of halogens is 3. The Morgan fingerprint density at radius 1 is 1.11 bits per heavy atom. The summed E-state index contributed by atoms with van der Waals surface area (Å²) in [5, 5.41) is 10.1. The first-order valence-electron chi connectivity index (χ1n) is 5.28. The van der Waals surface area contributed by atoms with Gasteiger partial charge in [0.15, 0.2) is 0 Å². The maximum absolute atomic E-state index is 10.8. The van der Waals surface area contributed by atoms with E-state index in [-0.39, 0.29) is 6.42 Å². The van der Waals surface area contributed by atoms with Crippen LogP contribution in [0.2, 0.25) is 15.1 Å². The summed E-state index contributed by atoms with van der Waals surface area (Å²) in [6.45, 7) is 0. The van der Waals surface area contributed by atoms with E-state index in [9.17, 15) is 4.79 Å². The van der Waals surface area contributed by atoms with Crippen molar-refractivity contribution in [1.29, 1.82) is 0 Å². The van der Waals surface area contributed by atoms with Crippen LogP contribution in [0.25, 0.3) is 11.3 Å². The predicted molar refractivity (Wildman–Crippen MR) is 76.0 cm³/mol. The molecule has 0 radical (unpaired) electrons. The van der Waals surface area contributed by atoms with Crippen LogP contribution in [0.4, 0.5) is 0 Å². The number of hydrogen-bond acceptors (Lipinski definition) is 2. The zero-order valence-corrected chi connectivity index (χ0v) is 11.8. The Hall–Kier alpha value is -1.29. The first-order valence-corrected chi connectivity index (χ1v) is 6.42. The van der Waals surface area contributed by atoms with E-state index in [0.717, 1.165) is 0 Å². The van der Waals surface area contributed by atoms with Gasteiger partial charge in [0.05, 0.1) is 17.1 Å². The Labute approximate surface area is 124 Å². The Bertz CT molecular complexity index is 624. The van der Waals surface area contributed by atoms with Gasteiger partial charge < -0.3 is 5.11 Å². The van der Waals surface area contributed by atoms with E-state index >= 15 is 0 Å². The van der Waals surface area contributed by atoms with Crippen LogP contribution >= 0.6 is 34.8 Å². The fraction of sp³-hybridized carbons (Fsp3) is 0.0769. The summed E-state index contributed by atoms with van der Waals surface area (Å²) in [7, 11) is 0. The second-order valence-corrected chi connectivity index (χ2v) is 5.17. The number of aromatic nitrogens is 1. The summed E-state index contributed by atoms with van der Waals surface area (Å²) in [6.07, 6.45) is 1.26. The van der Waals surface area contributed by atoms with Crippen LogP contribution in [-0.4, -0.2) is 16.1 Å². The molecule has 2 rings (SSSR count). The van der Waals surface area contributed by atoms with Gasteiger partial charge in [-0.3, -0.25) is 9.78 Å². The van der Waals surface area contributed by atoms with E-state index in [1.165, 1.54) is 6.20 Å².